The first-order valence-corrected chi connectivity index (χ1v) is 11.1. The number of carbonyl (C=O) groups is 2. The molecule has 1 heterocycles. The molecule has 1 aliphatic rings. The van der Waals surface area contributed by atoms with Gasteiger partial charge in [-0.2, -0.15) is 0 Å². The number of aromatic nitrogens is 1. The van der Waals surface area contributed by atoms with E-state index >= 15 is 0 Å². The summed E-state index contributed by atoms with van der Waals surface area (Å²) < 4.78 is 6.13. The molecule has 0 fully saturated rings. The van der Waals surface area contributed by atoms with E-state index in [4.69, 9.17) is 21.4 Å². The smallest absolute Gasteiger partial charge is 0.407 e. The number of hydrogen-bond acceptors (Lipinski definition) is 5. The lowest BCUT2D eigenvalue weighted by molar-refractivity contribution is -0.137. The normalized spacial score (nSPS) is 13.3. The van der Waals surface area contributed by atoms with Crippen LogP contribution in [0.15, 0.2) is 54.7 Å². The predicted octanol–water partition coefficient (Wildman–Crippen LogP) is 5.11. The number of carboxylic acids is 1. The third-order valence-corrected chi connectivity index (χ3v) is 6.46. The number of hydrogen-bond donors (Lipinski definition) is 2. The number of nitrogens with one attached hydrogen (secondary N) is 1. The van der Waals surface area contributed by atoms with Gasteiger partial charge in [0.2, 0.25) is 0 Å². The molecular weight excluding hydrogens is 436 g/mol. The first kappa shape index (κ1) is 21.3. The summed E-state index contributed by atoms with van der Waals surface area (Å²) in [5.74, 6) is -0.954. The molecule has 0 radical (unpaired) electrons. The summed E-state index contributed by atoms with van der Waals surface area (Å²) >= 11 is 7.24. The van der Waals surface area contributed by atoms with E-state index in [1.807, 2.05) is 24.3 Å². The zero-order valence-electron chi connectivity index (χ0n) is 16.6. The minimum Gasteiger partial charge on any atom is -0.481 e. The highest BCUT2D eigenvalue weighted by atomic mass is 35.5. The van der Waals surface area contributed by atoms with Gasteiger partial charge in [-0.15, -0.1) is 11.3 Å². The van der Waals surface area contributed by atoms with Gasteiger partial charge in [-0.1, -0.05) is 60.1 Å². The fraction of sp³-hybridized carbons (Fsp3) is 0.261. The van der Waals surface area contributed by atoms with Crippen molar-refractivity contribution in [3.63, 3.8) is 0 Å². The molecule has 0 bridgehead atoms. The van der Waals surface area contributed by atoms with Crippen molar-refractivity contribution in [2.45, 2.75) is 31.2 Å². The van der Waals surface area contributed by atoms with Crippen molar-refractivity contribution in [2.24, 2.45) is 0 Å². The van der Waals surface area contributed by atoms with E-state index in [1.165, 1.54) is 11.3 Å². The minimum absolute atomic E-state index is 0.0339. The van der Waals surface area contributed by atoms with Gasteiger partial charge in [0, 0.05) is 24.8 Å². The standard InChI is InChI=1S/C23H21ClN2O4S/c24-20-12-25-21(31-20)11-14(9-10-22(27)28)26-23(29)30-13-19-17-7-3-1-5-15(17)16-6-2-4-8-18(16)19/h1-8,12,14,19H,9-11,13H2,(H,26,29)(H,27,28). The van der Waals surface area contributed by atoms with Crippen LogP contribution in [0.25, 0.3) is 11.1 Å². The second-order valence-electron chi connectivity index (χ2n) is 7.36. The number of amides is 1. The number of carboxylic acid groups (broad SMARTS) is 1. The van der Waals surface area contributed by atoms with Crippen molar-refractivity contribution in [1.29, 1.82) is 0 Å². The number of carbonyl (C=O) groups excluding carboxylic acids is 1. The molecule has 4 rings (SSSR count). The topological polar surface area (TPSA) is 88.5 Å². The Labute approximate surface area is 188 Å². The van der Waals surface area contributed by atoms with E-state index in [2.05, 4.69) is 34.6 Å². The summed E-state index contributed by atoms with van der Waals surface area (Å²) in [6.45, 7) is 0.203. The molecule has 1 aromatic heterocycles. The maximum absolute atomic E-state index is 12.6. The number of aliphatic carboxylic acids is 1. The number of nitrogens with zero attached hydrogens (tertiary/aromatic N) is 1. The molecular formula is C23H21ClN2O4S. The Morgan fingerprint density at radius 3 is 2.35 bits per heavy atom. The van der Waals surface area contributed by atoms with Gasteiger partial charge in [-0.25, -0.2) is 9.78 Å². The highest BCUT2D eigenvalue weighted by molar-refractivity contribution is 7.15. The number of alkyl carbamates (subject to hydrolysis) is 1. The van der Waals surface area contributed by atoms with Crippen LogP contribution >= 0.6 is 22.9 Å². The van der Waals surface area contributed by atoms with Gasteiger partial charge in [0.15, 0.2) is 0 Å². The van der Waals surface area contributed by atoms with Crippen LogP contribution in [-0.4, -0.2) is 34.8 Å². The SMILES string of the molecule is O=C(O)CCC(Cc1ncc(Cl)s1)NC(=O)OCC1c2ccccc2-c2ccccc21. The molecule has 8 heteroatoms. The van der Waals surface area contributed by atoms with Gasteiger partial charge >= 0.3 is 12.1 Å². The number of rotatable bonds is 8. The first-order chi connectivity index (χ1) is 15.0. The quantitative estimate of drug-likeness (QED) is 0.491. The maximum atomic E-state index is 12.6. The molecule has 0 saturated heterocycles. The molecule has 160 valence electrons. The van der Waals surface area contributed by atoms with Crippen molar-refractivity contribution in [3.05, 3.63) is 75.2 Å². The van der Waals surface area contributed by atoms with Gasteiger partial charge in [-0.3, -0.25) is 4.79 Å². The predicted molar refractivity (Wildman–Crippen MR) is 120 cm³/mol. The number of halogens is 1. The third kappa shape index (κ3) is 5.06. The summed E-state index contributed by atoms with van der Waals surface area (Å²) in [6.07, 6.45) is 1.59. The van der Waals surface area contributed by atoms with Crippen molar-refractivity contribution in [1.82, 2.24) is 10.3 Å². The molecule has 0 spiro atoms. The average Bonchev–Trinajstić information content (AvgIpc) is 3.31. The van der Waals surface area contributed by atoms with E-state index in [-0.39, 0.29) is 25.4 Å². The van der Waals surface area contributed by atoms with Crippen LogP contribution < -0.4 is 5.32 Å². The van der Waals surface area contributed by atoms with E-state index in [0.717, 1.165) is 27.3 Å². The van der Waals surface area contributed by atoms with Gasteiger partial charge in [0.25, 0.3) is 0 Å². The summed E-state index contributed by atoms with van der Waals surface area (Å²) in [7, 11) is 0. The highest BCUT2D eigenvalue weighted by Crippen LogP contribution is 2.44. The van der Waals surface area contributed by atoms with Crippen LogP contribution in [0.5, 0.6) is 0 Å². The molecule has 0 aliphatic heterocycles. The largest absolute Gasteiger partial charge is 0.481 e. The molecule has 1 atom stereocenters. The van der Waals surface area contributed by atoms with Crippen molar-refractivity contribution in [3.8, 4) is 11.1 Å². The number of thiazole rings is 1. The fourth-order valence-electron chi connectivity index (χ4n) is 3.92. The van der Waals surface area contributed by atoms with Gasteiger partial charge in [0.05, 0.1) is 11.2 Å². The lowest BCUT2D eigenvalue weighted by Gasteiger charge is -2.19. The molecule has 1 unspecified atom stereocenters. The number of fused-ring (bicyclic) bond motifs is 3. The average molecular weight is 457 g/mol. The van der Waals surface area contributed by atoms with Crippen LogP contribution in [0.1, 0.15) is 34.9 Å². The van der Waals surface area contributed by atoms with Crippen molar-refractivity contribution in [2.75, 3.05) is 6.61 Å². The molecule has 0 saturated carbocycles. The summed E-state index contributed by atoms with van der Waals surface area (Å²) in [6, 6.07) is 15.8. The third-order valence-electron chi connectivity index (χ3n) is 5.32. The van der Waals surface area contributed by atoms with Crippen LogP contribution in [0.4, 0.5) is 4.79 Å². The Bertz CT molecular complexity index is 1050. The molecule has 31 heavy (non-hydrogen) atoms. The van der Waals surface area contributed by atoms with E-state index in [0.29, 0.717) is 10.8 Å². The zero-order chi connectivity index (χ0) is 21.8. The fourth-order valence-corrected chi connectivity index (χ4v) is 4.96. The summed E-state index contributed by atoms with van der Waals surface area (Å²) in [4.78, 5) is 27.7. The number of benzene rings is 2. The second kappa shape index (κ2) is 9.49. The Hall–Kier alpha value is -2.90. The first-order valence-electron chi connectivity index (χ1n) is 9.94. The minimum atomic E-state index is -0.920. The molecule has 1 amide bonds. The van der Waals surface area contributed by atoms with E-state index < -0.39 is 18.1 Å². The maximum Gasteiger partial charge on any atom is 0.407 e. The molecule has 1 aliphatic carbocycles. The Kier molecular flexibility index (Phi) is 6.53. The van der Waals surface area contributed by atoms with Crippen molar-refractivity contribution >= 4 is 35.0 Å². The second-order valence-corrected chi connectivity index (χ2v) is 9.11. The summed E-state index contributed by atoms with van der Waals surface area (Å²) in [5, 5.41) is 12.6. The van der Waals surface area contributed by atoms with Gasteiger partial charge in [-0.05, 0) is 28.7 Å². The lowest BCUT2D eigenvalue weighted by Crippen LogP contribution is -2.37. The Morgan fingerprint density at radius 2 is 1.77 bits per heavy atom. The summed E-state index contributed by atoms with van der Waals surface area (Å²) in [5.41, 5.74) is 4.59. The Balaban J connectivity index is 1.41. The molecule has 6 nitrogen and oxygen atoms in total. The molecule has 3 aromatic rings. The van der Waals surface area contributed by atoms with Crippen LogP contribution in [0, 0.1) is 0 Å². The van der Waals surface area contributed by atoms with E-state index in [1.54, 1.807) is 6.20 Å². The number of ether oxygens (including phenoxy) is 1. The van der Waals surface area contributed by atoms with Crippen molar-refractivity contribution < 1.29 is 19.4 Å². The monoisotopic (exact) mass is 456 g/mol. The Morgan fingerprint density at radius 1 is 1.13 bits per heavy atom. The van der Waals surface area contributed by atoms with Gasteiger partial charge < -0.3 is 15.2 Å². The van der Waals surface area contributed by atoms with Crippen LogP contribution in [0.3, 0.4) is 0 Å². The van der Waals surface area contributed by atoms with E-state index in [9.17, 15) is 9.59 Å². The lowest BCUT2D eigenvalue weighted by atomic mass is 9.98. The molecule has 2 aromatic carbocycles. The molecule has 2 N–H and O–H groups in total. The zero-order valence-corrected chi connectivity index (χ0v) is 18.2. The highest BCUT2D eigenvalue weighted by Gasteiger charge is 2.29. The van der Waals surface area contributed by atoms with Gasteiger partial charge in [0.1, 0.15) is 10.9 Å². The van der Waals surface area contributed by atoms with Crippen LogP contribution in [0.2, 0.25) is 4.34 Å². The van der Waals surface area contributed by atoms with Crippen LogP contribution in [-0.2, 0) is 16.0 Å².